The van der Waals surface area contributed by atoms with Crippen LogP contribution in [0, 0.1) is 5.92 Å². The smallest absolute Gasteiger partial charge is 0.543 e. The molecule has 38 heavy (non-hydrogen) atoms. The van der Waals surface area contributed by atoms with E-state index >= 15 is 0 Å². The SMILES string of the molecule is CC(C)(Sc1ccc(Cl)cc1)C(=O)N[C@@H]1C(=O)N2C(C(=O)[O-])=C(/C=C3\CCN(CC4CC4)C3=O)CS[C@H]12.[Na+]. The van der Waals surface area contributed by atoms with Gasteiger partial charge in [-0.2, -0.15) is 0 Å². The number of nitrogens with zero attached hydrogens (tertiary/aromatic N) is 2. The summed E-state index contributed by atoms with van der Waals surface area (Å²) < 4.78 is -0.883. The Kier molecular flexibility index (Phi) is 9.01. The van der Waals surface area contributed by atoms with Gasteiger partial charge in [-0.3, -0.25) is 19.3 Å². The van der Waals surface area contributed by atoms with Gasteiger partial charge < -0.3 is 20.1 Å². The molecule has 1 aromatic carbocycles. The Hall–Kier alpha value is -1.43. The van der Waals surface area contributed by atoms with E-state index in [1.54, 1.807) is 32.1 Å². The Morgan fingerprint density at radius 3 is 2.55 bits per heavy atom. The van der Waals surface area contributed by atoms with Crippen LogP contribution in [0.15, 0.2) is 52.1 Å². The summed E-state index contributed by atoms with van der Waals surface area (Å²) >= 11 is 8.65. The second kappa shape index (κ2) is 11.6. The second-order valence-electron chi connectivity index (χ2n) is 10.2. The van der Waals surface area contributed by atoms with Crippen molar-refractivity contribution in [3.05, 3.63) is 52.2 Å². The first-order valence-corrected chi connectivity index (χ1v) is 14.4. The molecule has 1 N–H and O–H groups in total. The van der Waals surface area contributed by atoms with Crippen molar-refractivity contribution in [2.45, 2.75) is 54.2 Å². The van der Waals surface area contributed by atoms with Gasteiger partial charge in [0, 0.05) is 34.3 Å². The van der Waals surface area contributed by atoms with Crippen molar-refractivity contribution in [3.63, 3.8) is 0 Å². The molecule has 0 radical (unpaired) electrons. The molecular formula is C26H27ClN3NaO5S2. The third-order valence-corrected chi connectivity index (χ3v) is 9.71. The number of carbonyl (C=O) groups excluding carboxylic acids is 4. The average molecular weight is 584 g/mol. The Morgan fingerprint density at radius 2 is 1.92 bits per heavy atom. The van der Waals surface area contributed by atoms with Crippen LogP contribution in [-0.4, -0.2) is 68.5 Å². The van der Waals surface area contributed by atoms with E-state index in [2.05, 4.69) is 5.32 Å². The third kappa shape index (κ3) is 6.00. The van der Waals surface area contributed by atoms with Crippen molar-refractivity contribution < 1.29 is 53.8 Å². The number of allylic oxidation sites excluding steroid dienone is 1. The minimum Gasteiger partial charge on any atom is -0.543 e. The number of amides is 3. The van der Waals surface area contributed by atoms with E-state index in [0.717, 1.165) is 24.3 Å². The number of rotatable bonds is 8. The summed E-state index contributed by atoms with van der Waals surface area (Å²) in [5.41, 5.74) is 0.747. The molecule has 3 heterocycles. The van der Waals surface area contributed by atoms with Crippen LogP contribution in [-0.2, 0) is 19.2 Å². The summed E-state index contributed by atoms with van der Waals surface area (Å²) in [6, 6.07) is 6.29. The molecule has 1 aliphatic carbocycles. The summed E-state index contributed by atoms with van der Waals surface area (Å²) in [7, 11) is 0. The first-order chi connectivity index (χ1) is 17.5. The number of hydrogen-bond acceptors (Lipinski definition) is 7. The fraction of sp³-hybridized carbons (Fsp3) is 0.462. The summed E-state index contributed by atoms with van der Waals surface area (Å²) in [5, 5.41) is 15.0. The Bertz CT molecular complexity index is 1230. The van der Waals surface area contributed by atoms with Crippen LogP contribution >= 0.6 is 35.1 Å². The zero-order valence-electron chi connectivity index (χ0n) is 21.5. The summed E-state index contributed by atoms with van der Waals surface area (Å²) in [6.07, 6.45) is 4.46. The number of carboxylic acid groups (broad SMARTS) is 1. The number of carboxylic acids is 1. The second-order valence-corrected chi connectivity index (χ2v) is 13.4. The maximum absolute atomic E-state index is 13.1. The third-order valence-electron chi connectivity index (χ3n) is 6.95. The molecular weight excluding hydrogens is 557 g/mol. The van der Waals surface area contributed by atoms with Gasteiger partial charge in [0.25, 0.3) is 5.91 Å². The van der Waals surface area contributed by atoms with E-state index in [9.17, 15) is 24.3 Å². The quantitative estimate of drug-likeness (QED) is 0.184. The predicted molar refractivity (Wildman–Crippen MR) is 140 cm³/mol. The van der Waals surface area contributed by atoms with E-state index in [-0.39, 0.29) is 47.1 Å². The van der Waals surface area contributed by atoms with Gasteiger partial charge in [-0.1, -0.05) is 11.6 Å². The first kappa shape index (κ1) is 29.6. The molecule has 8 nitrogen and oxygen atoms in total. The van der Waals surface area contributed by atoms with Crippen molar-refractivity contribution in [1.82, 2.24) is 15.1 Å². The van der Waals surface area contributed by atoms with Crippen molar-refractivity contribution in [2.75, 3.05) is 18.8 Å². The van der Waals surface area contributed by atoms with Gasteiger partial charge in [0.1, 0.15) is 11.4 Å². The normalized spacial score (nSPS) is 24.2. The topological polar surface area (TPSA) is 110 Å². The fourth-order valence-electron chi connectivity index (χ4n) is 4.70. The van der Waals surface area contributed by atoms with Crippen molar-refractivity contribution >= 4 is 58.8 Å². The molecule has 0 spiro atoms. The maximum atomic E-state index is 13.1. The van der Waals surface area contributed by atoms with Gasteiger partial charge in [0.15, 0.2) is 0 Å². The molecule has 3 fully saturated rings. The molecule has 5 rings (SSSR count). The Labute approximate surface area is 257 Å². The fourth-order valence-corrected chi connectivity index (χ4v) is 7.14. The van der Waals surface area contributed by atoms with E-state index in [0.29, 0.717) is 40.8 Å². The van der Waals surface area contributed by atoms with Crippen LogP contribution in [0.1, 0.15) is 33.1 Å². The van der Waals surface area contributed by atoms with Crippen molar-refractivity contribution in [1.29, 1.82) is 0 Å². The number of thioether (sulfide) groups is 2. The van der Waals surface area contributed by atoms with E-state index in [1.165, 1.54) is 28.4 Å². The van der Waals surface area contributed by atoms with E-state index in [4.69, 9.17) is 11.6 Å². The van der Waals surface area contributed by atoms with Crippen molar-refractivity contribution in [2.24, 2.45) is 5.92 Å². The number of fused-ring (bicyclic) bond motifs is 1. The van der Waals surface area contributed by atoms with Crippen LogP contribution in [0.25, 0.3) is 0 Å². The van der Waals surface area contributed by atoms with Gasteiger partial charge in [0.2, 0.25) is 11.8 Å². The predicted octanol–water partition coefficient (Wildman–Crippen LogP) is -0.813. The monoisotopic (exact) mass is 583 g/mol. The van der Waals surface area contributed by atoms with E-state index in [1.807, 2.05) is 17.0 Å². The number of benzene rings is 1. The molecule has 12 heteroatoms. The number of carbonyl (C=O) groups is 4. The minimum atomic E-state index is -1.46. The van der Waals surface area contributed by atoms with Gasteiger partial charge in [-0.15, -0.1) is 23.5 Å². The Balaban J connectivity index is 0.00000336. The Morgan fingerprint density at radius 1 is 1.24 bits per heavy atom. The number of hydrogen-bond donors (Lipinski definition) is 1. The number of halogens is 1. The largest absolute Gasteiger partial charge is 1.00 e. The van der Waals surface area contributed by atoms with Gasteiger partial charge in [-0.05, 0) is 74.9 Å². The molecule has 4 aliphatic rings. The molecule has 196 valence electrons. The zero-order chi connectivity index (χ0) is 26.5. The summed E-state index contributed by atoms with van der Waals surface area (Å²) in [5.74, 6) is -1.48. The number of β-lactam (4-membered cyclic amide) rings is 1. The molecule has 3 aliphatic heterocycles. The molecule has 2 atom stereocenters. The number of nitrogens with one attached hydrogen (secondary N) is 1. The average Bonchev–Trinajstić information content (AvgIpc) is 3.61. The van der Waals surface area contributed by atoms with Crippen LogP contribution in [0.5, 0.6) is 0 Å². The maximum Gasteiger partial charge on any atom is 1.00 e. The number of likely N-dealkylation sites (tertiary alicyclic amines) is 1. The zero-order valence-corrected chi connectivity index (χ0v) is 25.9. The van der Waals surface area contributed by atoms with Crippen LogP contribution in [0.4, 0.5) is 0 Å². The molecule has 3 amide bonds. The minimum absolute atomic E-state index is 0. The first-order valence-electron chi connectivity index (χ1n) is 12.2. The van der Waals surface area contributed by atoms with Gasteiger partial charge in [-0.25, -0.2) is 0 Å². The molecule has 1 aromatic rings. The standard InChI is InChI=1S/C26H28ClN3O5S2.Na/c1-26(2,37-18-7-5-17(27)6-8-18)25(35)28-19-22(32)30-20(24(33)34)16(13-36-23(19)30)11-15-9-10-29(21(15)31)12-14-3-4-14;/h5-8,11,14,19,23H,3-4,9-10,12-13H2,1-2H3,(H,28,35)(H,33,34);/q;+1/p-1/b15-11+;/t19-,23-;/m1./s1. The van der Waals surface area contributed by atoms with Gasteiger partial charge in [0.05, 0.1) is 16.4 Å². The molecule has 0 unspecified atom stereocenters. The molecule has 0 bridgehead atoms. The van der Waals surface area contributed by atoms with Crippen molar-refractivity contribution in [3.8, 4) is 0 Å². The number of aliphatic carboxylic acids is 1. The van der Waals surface area contributed by atoms with Crippen LogP contribution < -0.4 is 40.0 Å². The van der Waals surface area contributed by atoms with E-state index < -0.39 is 28.0 Å². The molecule has 1 saturated carbocycles. The molecule has 2 saturated heterocycles. The molecule has 0 aromatic heterocycles. The van der Waals surface area contributed by atoms with Gasteiger partial charge >= 0.3 is 29.6 Å². The van der Waals surface area contributed by atoms with Crippen LogP contribution in [0.3, 0.4) is 0 Å². The summed E-state index contributed by atoms with van der Waals surface area (Å²) in [4.78, 5) is 54.9. The van der Waals surface area contributed by atoms with Crippen LogP contribution in [0.2, 0.25) is 5.02 Å². The summed E-state index contributed by atoms with van der Waals surface area (Å²) in [6.45, 7) is 4.90.